The molecule has 8 rings (SSSR count). The summed E-state index contributed by atoms with van der Waals surface area (Å²) in [4.78, 5) is 27.5. The first-order valence-electron chi connectivity index (χ1n) is 15.6. The zero-order valence-electron chi connectivity index (χ0n) is 25.6. The number of fused-ring (bicyclic) bond motifs is 4. The van der Waals surface area contributed by atoms with Crippen molar-refractivity contribution in [3.63, 3.8) is 0 Å². The number of anilines is 2. The Morgan fingerprint density at radius 2 is 0.646 bits per heavy atom. The summed E-state index contributed by atoms with van der Waals surface area (Å²) in [7, 11) is 0. The lowest BCUT2D eigenvalue weighted by Gasteiger charge is -2.19. The molecule has 8 aromatic carbocycles. The Hall–Kier alpha value is -6.66. The van der Waals surface area contributed by atoms with Crippen molar-refractivity contribution in [2.75, 3.05) is 10.6 Å². The van der Waals surface area contributed by atoms with Crippen LogP contribution in [0.25, 0.3) is 65.3 Å². The Morgan fingerprint density at radius 3 is 1.00 bits per heavy atom. The number of carbonyl (C=O) groups excluding carboxylic acids is 2. The molecule has 0 aliphatic heterocycles. The van der Waals surface area contributed by atoms with Gasteiger partial charge in [-0.25, -0.2) is 0 Å². The number of carbonyl (C=O) groups is 2. The van der Waals surface area contributed by atoms with Crippen molar-refractivity contribution in [2.24, 2.45) is 0 Å². The van der Waals surface area contributed by atoms with E-state index in [1.54, 1.807) is 24.3 Å². The summed E-state index contributed by atoms with van der Waals surface area (Å²) in [5.74, 6) is -1.65. The van der Waals surface area contributed by atoms with E-state index in [2.05, 4.69) is 10.6 Å². The number of hydrogen-bond acceptors (Lipinski definition) is 4. The SMILES string of the molecule is O=C(Nc1ccc2ccccc2c1-c1c(O)ccc2ccccc12)C(=O)Nc1ccc2ccccc2c1-c1c(O)ccc2ccccc12. The molecule has 48 heavy (non-hydrogen) atoms. The third-order valence-corrected chi connectivity index (χ3v) is 8.87. The monoisotopic (exact) mass is 624 g/mol. The van der Waals surface area contributed by atoms with Crippen molar-refractivity contribution >= 4 is 66.3 Å². The van der Waals surface area contributed by atoms with Gasteiger partial charge in [-0.05, 0) is 67.4 Å². The van der Waals surface area contributed by atoms with Crippen molar-refractivity contribution in [2.45, 2.75) is 0 Å². The molecule has 0 saturated heterocycles. The van der Waals surface area contributed by atoms with Crippen LogP contribution in [0.5, 0.6) is 11.5 Å². The summed E-state index contributed by atoms with van der Waals surface area (Å²) in [5, 5.41) is 35.0. The minimum atomic E-state index is -0.882. The lowest BCUT2D eigenvalue weighted by atomic mass is 9.91. The van der Waals surface area contributed by atoms with E-state index in [1.165, 1.54) is 0 Å². The second-order valence-corrected chi connectivity index (χ2v) is 11.7. The van der Waals surface area contributed by atoms with E-state index in [9.17, 15) is 19.8 Å². The molecule has 0 bridgehead atoms. The molecule has 0 atom stereocenters. The highest BCUT2D eigenvalue weighted by molar-refractivity contribution is 6.44. The van der Waals surface area contributed by atoms with Crippen LogP contribution >= 0.6 is 0 Å². The van der Waals surface area contributed by atoms with Crippen LogP contribution in [-0.2, 0) is 9.59 Å². The maximum absolute atomic E-state index is 13.7. The molecule has 0 saturated carbocycles. The highest BCUT2D eigenvalue weighted by Gasteiger charge is 2.23. The fourth-order valence-electron chi connectivity index (χ4n) is 6.69. The zero-order valence-corrected chi connectivity index (χ0v) is 25.6. The smallest absolute Gasteiger partial charge is 0.314 e. The van der Waals surface area contributed by atoms with E-state index in [4.69, 9.17) is 0 Å². The van der Waals surface area contributed by atoms with E-state index in [0.29, 0.717) is 33.6 Å². The molecule has 4 N–H and O–H groups in total. The third-order valence-electron chi connectivity index (χ3n) is 8.87. The molecule has 0 unspecified atom stereocenters. The topological polar surface area (TPSA) is 98.7 Å². The molecule has 6 nitrogen and oxygen atoms in total. The van der Waals surface area contributed by atoms with Crippen LogP contribution in [0.4, 0.5) is 11.4 Å². The quantitative estimate of drug-likeness (QED) is 0.147. The second kappa shape index (κ2) is 11.6. The van der Waals surface area contributed by atoms with Crippen LogP contribution in [0.3, 0.4) is 0 Å². The summed E-state index contributed by atoms with van der Waals surface area (Å²) < 4.78 is 0. The van der Waals surface area contributed by atoms with Crippen LogP contribution in [0.15, 0.2) is 146 Å². The molecule has 0 aromatic heterocycles. The number of benzene rings is 8. The fraction of sp³-hybridized carbons (Fsp3) is 0. The van der Waals surface area contributed by atoms with Crippen molar-refractivity contribution in [3.05, 3.63) is 146 Å². The van der Waals surface area contributed by atoms with E-state index >= 15 is 0 Å². The van der Waals surface area contributed by atoms with E-state index in [-0.39, 0.29) is 11.5 Å². The predicted molar refractivity (Wildman–Crippen MR) is 194 cm³/mol. The lowest BCUT2D eigenvalue weighted by molar-refractivity contribution is -0.132. The lowest BCUT2D eigenvalue weighted by Crippen LogP contribution is -2.29. The van der Waals surface area contributed by atoms with Gasteiger partial charge in [0.15, 0.2) is 0 Å². The first kappa shape index (κ1) is 28.8. The number of nitrogens with one attached hydrogen (secondary N) is 2. The first-order valence-corrected chi connectivity index (χ1v) is 15.6. The molecule has 0 radical (unpaired) electrons. The number of phenolic OH excluding ortho intramolecular Hbond substituents is 2. The van der Waals surface area contributed by atoms with Crippen LogP contribution in [-0.4, -0.2) is 22.0 Å². The first-order chi connectivity index (χ1) is 23.5. The molecular formula is C42H28N2O4. The van der Waals surface area contributed by atoms with Gasteiger partial charge in [-0.1, -0.05) is 121 Å². The summed E-state index contributed by atoms with van der Waals surface area (Å²) >= 11 is 0. The van der Waals surface area contributed by atoms with Gasteiger partial charge in [0, 0.05) is 33.6 Å². The highest BCUT2D eigenvalue weighted by atomic mass is 16.3. The molecule has 8 aromatic rings. The molecule has 6 heteroatoms. The van der Waals surface area contributed by atoms with Gasteiger partial charge in [0.25, 0.3) is 0 Å². The number of hydrogen-bond donors (Lipinski definition) is 4. The molecule has 0 spiro atoms. The second-order valence-electron chi connectivity index (χ2n) is 11.7. The minimum Gasteiger partial charge on any atom is -0.507 e. The van der Waals surface area contributed by atoms with Crippen molar-refractivity contribution in [1.29, 1.82) is 0 Å². The number of phenols is 2. The molecule has 0 heterocycles. The fourth-order valence-corrected chi connectivity index (χ4v) is 6.69. The molecule has 2 amide bonds. The average Bonchev–Trinajstić information content (AvgIpc) is 3.12. The van der Waals surface area contributed by atoms with Gasteiger partial charge < -0.3 is 20.8 Å². The van der Waals surface area contributed by atoms with Crippen molar-refractivity contribution < 1.29 is 19.8 Å². The van der Waals surface area contributed by atoms with Crippen LogP contribution < -0.4 is 10.6 Å². The normalized spacial score (nSPS) is 11.2. The molecule has 0 fully saturated rings. The summed E-state index contributed by atoms with van der Waals surface area (Å²) in [6.45, 7) is 0. The summed E-state index contributed by atoms with van der Waals surface area (Å²) in [6.07, 6.45) is 0. The average molecular weight is 625 g/mol. The highest BCUT2D eigenvalue weighted by Crippen LogP contribution is 2.45. The number of rotatable bonds is 4. The molecule has 0 aliphatic carbocycles. The number of aromatic hydroxyl groups is 2. The maximum atomic E-state index is 13.7. The third kappa shape index (κ3) is 4.84. The van der Waals surface area contributed by atoms with E-state index in [1.807, 2.05) is 121 Å². The number of amides is 2. The Kier molecular flexibility index (Phi) is 6.96. The Morgan fingerprint density at radius 1 is 0.354 bits per heavy atom. The molecule has 230 valence electrons. The Labute approximate surface area is 275 Å². The summed E-state index contributed by atoms with van der Waals surface area (Å²) in [6, 6.07) is 45.1. The van der Waals surface area contributed by atoms with E-state index in [0.717, 1.165) is 43.1 Å². The van der Waals surface area contributed by atoms with Crippen molar-refractivity contribution in [3.8, 4) is 33.8 Å². The van der Waals surface area contributed by atoms with Crippen molar-refractivity contribution in [1.82, 2.24) is 0 Å². The maximum Gasteiger partial charge on any atom is 0.314 e. The summed E-state index contributed by atoms with van der Waals surface area (Å²) in [5.41, 5.74) is 3.09. The van der Waals surface area contributed by atoms with Gasteiger partial charge in [0.05, 0.1) is 0 Å². The molecular weight excluding hydrogens is 596 g/mol. The molecule has 0 aliphatic rings. The van der Waals surface area contributed by atoms with Gasteiger partial charge in [-0.3, -0.25) is 9.59 Å². The predicted octanol–water partition coefficient (Wildman–Crippen LogP) is 9.62. The Balaban J connectivity index is 1.23. The van der Waals surface area contributed by atoms with Crippen LogP contribution in [0, 0.1) is 0 Å². The van der Waals surface area contributed by atoms with Gasteiger partial charge >= 0.3 is 11.8 Å². The van der Waals surface area contributed by atoms with Gasteiger partial charge in [0.1, 0.15) is 11.5 Å². The van der Waals surface area contributed by atoms with E-state index < -0.39 is 11.8 Å². The standard InChI is InChI=1S/C42H28N2O4/c45-35-23-19-27-11-3-7-15-31(27)39(35)37-29-13-5-1-9-25(29)17-21-33(37)43-41(47)42(48)44-34-22-18-26-10-2-6-14-30(26)38(34)40-32-16-8-4-12-28(32)20-24-36(40)46/h1-24,45-46H,(H,43,47)(H,44,48). The van der Waals surface area contributed by atoms with Gasteiger partial charge in [-0.2, -0.15) is 0 Å². The minimum absolute atomic E-state index is 0.0562. The van der Waals surface area contributed by atoms with Crippen LogP contribution in [0.1, 0.15) is 0 Å². The van der Waals surface area contributed by atoms with Gasteiger partial charge in [0.2, 0.25) is 0 Å². The zero-order chi connectivity index (χ0) is 32.8. The Bertz CT molecular complexity index is 2410. The van der Waals surface area contributed by atoms with Crippen LogP contribution in [0.2, 0.25) is 0 Å². The largest absolute Gasteiger partial charge is 0.507 e. The van der Waals surface area contributed by atoms with Gasteiger partial charge in [-0.15, -0.1) is 0 Å².